The lowest BCUT2D eigenvalue weighted by atomic mass is 10.1. The van der Waals surface area contributed by atoms with Crippen LogP contribution in [0.25, 0.3) is 0 Å². The maximum absolute atomic E-state index is 12.4. The zero-order chi connectivity index (χ0) is 22.0. The fourth-order valence-corrected chi connectivity index (χ4v) is 4.76. The van der Waals surface area contributed by atoms with Crippen molar-refractivity contribution in [2.24, 2.45) is 0 Å². The molecule has 2 heterocycles. The van der Waals surface area contributed by atoms with E-state index in [1.807, 2.05) is 25.1 Å². The molecule has 31 heavy (non-hydrogen) atoms. The molecular weight excluding hydrogens is 459 g/mol. The number of hydrogen-bond acceptors (Lipinski definition) is 6. The maximum Gasteiger partial charge on any atom is 0.262 e. The van der Waals surface area contributed by atoms with Gasteiger partial charge in [-0.2, -0.15) is 5.26 Å². The Balaban J connectivity index is 1.46. The molecule has 1 aliphatic rings. The molecule has 1 amide bonds. The molecule has 0 bridgehead atoms. The van der Waals surface area contributed by atoms with E-state index in [1.165, 1.54) is 17.4 Å². The van der Waals surface area contributed by atoms with Crippen LogP contribution < -0.4 is 19.5 Å². The number of carbonyl (C=O) groups is 1. The van der Waals surface area contributed by atoms with Gasteiger partial charge in [0.2, 0.25) is 6.79 Å². The number of ether oxygens (including phenoxy) is 3. The number of fused-ring (bicyclic) bond motifs is 1. The van der Waals surface area contributed by atoms with E-state index < -0.39 is 5.91 Å². The molecule has 158 valence electrons. The van der Waals surface area contributed by atoms with Crippen molar-refractivity contribution < 1.29 is 19.0 Å². The number of carbonyl (C=O) groups excluding carboxylic acids is 1. The molecule has 0 unspecified atom stereocenters. The summed E-state index contributed by atoms with van der Waals surface area (Å²) in [6, 6.07) is 12.7. The van der Waals surface area contributed by atoms with Gasteiger partial charge in [-0.25, -0.2) is 0 Å². The third kappa shape index (κ3) is 4.72. The Kier molecular flexibility index (Phi) is 6.23. The van der Waals surface area contributed by atoms with E-state index in [2.05, 4.69) is 11.4 Å². The molecular formula is C22H16Cl2N2O4S. The smallest absolute Gasteiger partial charge is 0.262 e. The summed E-state index contributed by atoms with van der Waals surface area (Å²) in [5, 5.41) is 13.7. The molecule has 1 aromatic heterocycles. The number of amides is 1. The topological polar surface area (TPSA) is 80.6 Å². The highest BCUT2D eigenvalue weighted by Gasteiger charge is 2.19. The zero-order valence-electron chi connectivity index (χ0n) is 16.3. The van der Waals surface area contributed by atoms with E-state index in [9.17, 15) is 10.1 Å². The predicted molar refractivity (Wildman–Crippen MR) is 120 cm³/mol. The van der Waals surface area contributed by atoms with Crippen LogP contribution in [0, 0.1) is 18.3 Å². The molecule has 9 heteroatoms. The van der Waals surface area contributed by atoms with Crippen LogP contribution >= 0.6 is 34.5 Å². The minimum atomic E-state index is -0.390. The Morgan fingerprint density at radius 1 is 1.23 bits per heavy atom. The van der Waals surface area contributed by atoms with Gasteiger partial charge in [-0.1, -0.05) is 29.3 Å². The Hall–Kier alpha value is -2.92. The summed E-state index contributed by atoms with van der Waals surface area (Å²) in [5.41, 5.74) is 2.30. The summed E-state index contributed by atoms with van der Waals surface area (Å²) >= 11 is 13.3. The predicted octanol–water partition coefficient (Wildman–Crippen LogP) is 5.57. The van der Waals surface area contributed by atoms with Gasteiger partial charge >= 0.3 is 0 Å². The Morgan fingerprint density at radius 3 is 2.81 bits per heavy atom. The van der Waals surface area contributed by atoms with Crippen LogP contribution in [0.3, 0.4) is 0 Å². The summed E-state index contributed by atoms with van der Waals surface area (Å²) in [6.45, 7) is 1.84. The van der Waals surface area contributed by atoms with E-state index in [0.29, 0.717) is 38.5 Å². The SMILES string of the molecule is Cc1c(Cc2ccc3c(c2)OCO3)sc(NC(=O)COc2ccc(Cl)cc2Cl)c1C#N. The summed E-state index contributed by atoms with van der Waals surface area (Å²) in [5.74, 6) is 1.39. The number of halogens is 2. The van der Waals surface area contributed by atoms with E-state index in [0.717, 1.165) is 21.8 Å². The number of benzene rings is 2. The highest BCUT2D eigenvalue weighted by atomic mass is 35.5. The van der Waals surface area contributed by atoms with E-state index in [-0.39, 0.29) is 13.4 Å². The third-order valence-electron chi connectivity index (χ3n) is 4.66. The number of thiophene rings is 1. The van der Waals surface area contributed by atoms with Gasteiger partial charge in [0.15, 0.2) is 18.1 Å². The number of nitrogens with zero attached hydrogens (tertiary/aromatic N) is 1. The highest BCUT2D eigenvalue weighted by molar-refractivity contribution is 7.16. The number of nitrogens with one attached hydrogen (secondary N) is 1. The van der Waals surface area contributed by atoms with E-state index >= 15 is 0 Å². The van der Waals surface area contributed by atoms with Crippen molar-refractivity contribution in [2.45, 2.75) is 13.3 Å². The van der Waals surface area contributed by atoms with Crippen LogP contribution in [0.5, 0.6) is 17.2 Å². The van der Waals surface area contributed by atoms with Crippen molar-refractivity contribution in [3.8, 4) is 23.3 Å². The van der Waals surface area contributed by atoms with Gasteiger partial charge in [-0.15, -0.1) is 11.3 Å². The summed E-state index contributed by atoms with van der Waals surface area (Å²) in [4.78, 5) is 13.4. The molecule has 2 aromatic carbocycles. The van der Waals surface area contributed by atoms with Crippen molar-refractivity contribution >= 4 is 45.4 Å². The van der Waals surface area contributed by atoms with Crippen LogP contribution in [0.4, 0.5) is 5.00 Å². The largest absolute Gasteiger partial charge is 0.482 e. The Labute approximate surface area is 192 Å². The second kappa shape index (κ2) is 9.06. The van der Waals surface area contributed by atoms with Gasteiger partial charge in [0.1, 0.15) is 16.8 Å². The number of anilines is 1. The fourth-order valence-electron chi connectivity index (χ4n) is 3.09. The van der Waals surface area contributed by atoms with E-state index in [1.54, 1.807) is 12.1 Å². The van der Waals surface area contributed by atoms with Crippen LogP contribution in [-0.4, -0.2) is 19.3 Å². The molecule has 4 rings (SSSR count). The second-order valence-electron chi connectivity index (χ2n) is 6.74. The van der Waals surface area contributed by atoms with Gasteiger partial charge in [0.05, 0.1) is 10.6 Å². The second-order valence-corrected chi connectivity index (χ2v) is 8.69. The quantitative estimate of drug-likeness (QED) is 0.504. The highest BCUT2D eigenvalue weighted by Crippen LogP contribution is 2.37. The molecule has 1 aliphatic heterocycles. The molecule has 0 saturated heterocycles. The first-order valence-electron chi connectivity index (χ1n) is 9.23. The number of hydrogen-bond donors (Lipinski definition) is 1. The lowest BCUT2D eigenvalue weighted by Gasteiger charge is -2.08. The molecule has 0 spiro atoms. The minimum absolute atomic E-state index is 0.217. The van der Waals surface area contributed by atoms with Gasteiger partial charge in [0.25, 0.3) is 5.91 Å². The van der Waals surface area contributed by atoms with Crippen molar-refractivity contribution in [3.05, 3.63) is 68.0 Å². The maximum atomic E-state index is 12.4. The Bertz CT molecular complexity index is 1200. The van der Waals surface area contributed by atoms with Crippen LogP contribution in [0.2, 0.25) is 10.0 Å². The lowest BCUT2D eigenvalue weighted by molar-refractivity contribution is -0.118. The average Bonchev–Trinajstić information content (AvgIpc) is 3.31. The third-order valence-corrected chi connectivity index (χ3v) is 6.40. The van der Waals surface area contributed by atoms with Crippen molar-refractivity contribution in [3.63, 3.8) is 0 Å². The van der Waals surface area contributed by atoms with Crippen molar-refractivity contribution in [1.29, 1.82) is 5.26 Å². The van der Waals surface area contributed by atoms with Crippen molar-refractivity contribution in [1.82, 2.24) is 0 Å². The minimum Gasteiger partial charge on any atom is -0.482 e. The van der Waals surface area contributed by atoms with Crippen LogP contribution in [-0.2, 0) is 11.2 Å². The summed E-state index contributed by atoms with van der Waals surface area (Å²) in [6.07, 6.45) is 0.606. The lowest BCUT2D eigenvalue weighted by Crippen LogP contribution is -2.20. The fraction of sp³-hybridized carbons (Fsp3) is 0.182. The van der Waals surface area contributed by atoms with Gasteiger partial charge in [-0.05, 0) is 48.4 Å². The summed E-state index contributed by atoms with van der Waals surface area (Å²) < 4.78 is 16.2. The van der Waals surface area contributed by atoms with Gasteiger partial charge < -0.3 is 19.5 Å². The molecule has 3 aromatic rings. The van der Waals surface area contributed by atoms with Crippen LogP contribution in [0.1, 0.15) is 21.6 Å². The molecule has 0 aliphatic carbocycles. The average molecular weight is 475 g/mol. The first kappa shape index (κ1) is 21.3. The first-order chi connectivity index (χ1) is 14.9. The summed E-state index contributed by atoms with van der Waals surface area (Å²) in [7, 11) is 0. The van der Waals surface area contributed by atoms with Crippen LogP contribution in [0.15, 0.2) is 36.4 Å². The van der Waals surface area contributed by atoms with Gasteiger partial charge in [0, 0.05) is 16.3 Å². The standard InChI is InChI=1S/C22H16Cl2N2O4S/c1-12-15(9-25)22(26-21(27)10-28-17-5-3-14(23)8-16(17)24)31-20(12)7-13-2-4-18-19(6-13)30-11-29-18/h2-6,8H,7,10-11H2,1H3,(H,26,27). The first-order valence-corrected chi connectivity index (χ1v) is 10.8. The molecule has 0 fully saturated rings. The molecule has 0 saturated carbocycles. The monoisotopic (exact) mass is 474 g/mol. The number of rotatable bonds is 6. The molecule has 0 atom stereocenters. The van der Waals surface area contributed by atoms with Crippen molar-refractivity contribution in [2.75, 3.05) is 18.7 Å². The molecule has 1 N–H and O–H groups in total. The van der Waals surface area contributed by atoms with Gasteiger partial charge in [-0.3, -0.25) is 4.79 Å². The van der Waals surface area contributed by atoms with E-state index in [4.69, 9.17) is 37.4 Å². The molecule has 0 radical (unpaired) electrons. The zero-order valence-corrected chi connectivity index (χ0v) is 18.7. The Morgan fingerprint density at radius 2 is 2.03 bits per heavy atom. The number of nitriles is 1. The normalized spacial score (nSPS) is 11.8. The molecule has 6 nitrogen and oxygen atoms in total.